The van der Waals surface area contributed by atoms with Crippen LogP contribution in [0.1, 0.15) is 11.1 Å². The number of hydrogen-bond donors (Lipinski definition) is 1. The van der Waals surface area contributed by atoms with Gasteiger partial charge in [-0.3, -0.25) is 10.1 Å². The van der Waals surface area contributed by atoms with Crippen molar-refractivity contribution in [1.29, 1.82) is 0 Å². The van der Waals surface area contributed by atoms with Crippen LogP contribution >= 0.6 is 11.6 Å². The lowest BCUT2D eigenvalue weighted by Gasteiger charge is -2.09. The van der Waals surface area contributed by atoms with Gasteiger partial charge in [-0.1, -0.05) is 23.7 Å². The number of hydrogen-bond acceptors (Lipinski definition) is 3. The van der Waals surface area contributed by atoms with E-state index in [1.807, 2.05) is 31.2 Å². The molecule has 0 saturated heterocycles. The highest BCUT2D eigenvalue weighted by Crippen LogP contribution is 2.21. The molecule has 19 heavy (non-hydrogen) atoms. The van der Waals surface area contributed by atoms with Crippen molar-refractivity contribution in [2.45, 2.75) is 13.5 Å². The molecule has 0 aliphatic carbocycles. The van der Waals surface area contributed by atoms with Crippen LogP contribution in [0.25, 0.3) is 0 Å². The second kappa shape index (κ2) is 5.71. The molecular formula is C14H13ClN2O2. The summed E-state index contributed by atoms with van der Waals surface area (Å²) in [5.41, 5.74) is 2.98. The summed E-state index contributed by atoms with van der Waals surface area (Å²) in [4.78, 5) is 10.3. The molecule has 98 valence electrons. The van der Waals surface area contributed by atoms with Crippen molar-refractivity contribution in [3.63, 3.8) is 0 Å². The van der Waals surface area contributed by atoms with E-state index in [0.29, 0.717) is 11.6 Å². The van der Waals surface area contributed by atoms with Gasteiger partial charge in [-0.05, 0) is 36.2 Å². The molecule has 0 amide bonds. The smallest absolute Gasteiger partial charge is 0.269 e. The topological polar surface area (TPSA) is 55.2 Å². The zero-order chi connectivity index (χ0) is 13.8. The molecule has 0 radical (unpaired) electrons. The van der Waals surface area contributed by atoms with E-state index in [2.05, 4.69) is 5.32 Å². The van der Waals surface area contributed by atoms with Gasteiger partial charge in [0.1, 0.15) is 0 Å². The zero-order valence-corrected chi connectivity index (χ0v) is 11.1. The van der Waals surface area contributed by atoms with Gasteiger partial charge in [0.15, 0.2) is 0 Å². The summed E-state index contributed by atoms with van der Waals surface area (Å²) in [6.07, 6.45) is 0. The molecule has 2 rings (SSSR count). The maximum Gasteiger partial charge on any atom is 0.269 e. The fraction of sp³-hybridized carbons (Fsp3) is 0.143. The molecule has 0 unspecified atom stereocenters. The van der Waals surface area contributed by atoms with Gasteiger partial charge < -0.3 is 5.32 Å². The van der Waals surface area contributed by atoms with Crippen LogP contribution in [-0.4, -0.2) is 4.92 Å². The molecule has 4 nitrogen and oxygen atoms in total. The summed E-state index contributed by atoms with van der Waals surface area (Å²) in [6, 6.07) is 12.2. The SMILES string of the molecule is Cc1cc(Cl)ccc1NCc1cccc([N+](=O)[O-])c1. The standard InChI is InChI=1S/C14H13ClN2O2/c1-10-7-12(15)5-6-14(10)16-9-11-3-2-4-13(8-11)17(18)19/h2-8,16H,9H2,1H3. The first-order chi connectivity index (χ1) is 9.06. The second-order valence-electron chi connectivity index (χ2n) is 4.24. The van der Waals surface area contributed by atoms with Crippen LogP contribution in [0.2, 0.25) is 5.02 Å². The maximum atomic E-state index is 10.7. The summed E-state index contributed by atoms with van der Waals surface area (Å²) >= 11 is 5.89. The van der Waals surface area contributed by atoms with Crippen molar-refractivity contribution in [3.8, 4) is 0 Å². The molecule has 2 aromatic carbocycles. The second-order valence-corrected chi connectivity index (χ2v) is 4.68. The molecule has 0 aliphatic heterocycles. The summed E-state index contributed by atoms with van der Waals surface area (Å²) < 4.78 is 0. The van der Waals surface area contributed by atoms with E-state index in [-0.39, 0.29) is 5.69 Å². The molecule has 0 bridgehead atoms. The predicted octanol–water partition coefficient (Wildman–Crippen LogP) is 4.17. The number of halogens is 1. The highest BCUT2D eigenvalue weighted by atomic mass is 35.5. The first-order valence-electron chi connectivity index (χ1n) is 5.79. The van der Waals surface area contributed by atoms with Gasteiger partial charge in [0.2, 0.25) is 0 Å². The minimum Gasteiger partial charge on any atom is -0.381 e. The van der Waals surface area contributed by atoms with Crippen LogP contribution in [0.3, 0.4) is 0 Å². The summed E-state index contributed by atoms with van der Waals surface area (Å²) in [7, 11) is 0. The van der Waals surface area contributed by atoms with Crippen molar-refractivity contribution < 1.29 is 4.92 Å². The van der Waals surface area contributed by atoms with Gasteiger partial charge in [0.05, 0.1) is 4.92 Å². The third kappa shape index (κ3) is 3.45. The molecule has 0 aromatic heterocycles. The third-order valence-electron chi connectivity index (χ3n) is 2.79. The molecule has 0 aliphatic rings. The van der Waals surface area contributed by atoms with E-state index in [9.17, 15) is 10.1 Å². The Morgan fingerprint density at radius 1 is 1.26 bits per heavy atom. The Hall–Kier alpha value is -2.07. The van der Waals surface area contributed by atoms with Gasteiger partial charge in [-0.2, -0.15) is 0 Å². The molecule has 0 saturated carbocycles. The van der Waals surface area contributed by atoms with Crippen LogP contribution in [-0.2, 0) is 6.54 Å². The Labute approximate surface area is 116 Å². The molecule has 1 N–H and O–H groups in total. The Morgan fingerprint density at radius 3 is 2.74 bits per heavy atom. The summed E-state index contributed by atoms with van der Waals surface area (Å²) in [5.74, 6) is 0. The van der Waals surface area contributed by atoms with Gasteiger partial charge in [0, 0.05) is 29.4 Å². The number of nitro benzene ring substituents is 1. The van der Waals surface area contributed by atoms with E-state index >= 15 is 0 Å². The molecule has 0 atom stereocenters. The van der Waals surface area contributed by atoms with E-state index in [1.165, 1.54) is 6.07 Å². The predicted molar refractivity (Wildman–Crippen MR) is 76.6 cm³/mol. The van der Waals surface area contributed by atoms with Crippen LogP contribution in [0.15, 0.2) is 42.5 Å². The summed E-state index contributed by atoms with van der Waals surface area (Å²) in [5, 5.41) is 14.6. The van der Waals surface area contributed by atoms with Crippen LogP contribution in [0.4, 0.5) is 11.4 Å². The number of benzene rings is 2. The normalized spacial score (nSPS) is 10.2. The molecule has 5 heteroatoms. The zero-order valence-electron chi connectivity index (χ0n) is 10.4. The van der Waals surface area contributed by atoms with Gasteiger partial charge >= 0.3 is 0 Å². The van der Waals surface area contributed by atoms with Crippen LogP contribution in [0, 0.1) is 17.0 Å². The number of nitro groups is 1. The maximum absolute atomic E-state index is 10.7. The first kappa shape index (κ1) is 13.4. The minimum atomic E-state index is -0.392. The van der Waals surface area contributed by atoms with E-state index in [4.69, 9.17) is 11.6 Å². The summed E-state index contributed by atoms with van der Waals surface area (Å²) in [6.45, 7) is 2.49. The number of non-ortho nitro benzene ring substituents is 1. The highest BCUT2D eigenvalue weighted by Gasteiger charge is 2.05. The van der Waals surface area contributed by atoms with Crippen LogP contribution < -0.4 is 5.32 Å². The fourth-order valence-corrected chi connectivity index (χ4v) is 2.03. The Balaban J connectivity index is 2.10. The van der Waals surface area contributed by atoms with E-state index < -0.39 is 4.92 Å². The van der Waals surface area contributed by atoms with Crippen LogP contribution in [0.5, 0.6) is 0 Å². The molecule has 0 heterocycles. The molecule has 0 spiro atoms. The van der Waals surface area contributed by atoms with Crippen molar-refractivity contribution in [3.05, 3.63) is 68.7 Å². The average Bonchev–Trinajstić information content (AvgIpc) is 2.38. The number of nitrogens with zero attached hydrogens (tertiary/aromatic N) is 1. The quantitative estimate of drug-likeness (QED) is 0.673. The monoisotopic (exact) mass is 276 g/mol. The Kier molecular flexibility index (Phi) is 4.02. The number of anilines is 1. The van der Waals surface area contributed by atoms with Crippen molar-refractivity contribution >= 4 is 23.0 Å². The van der Waals surface area contributed by atoms with E-state index in [0.717, 1.165) is 16.8 Å². The lowest BCUT2D eigenvalue weighted by atomic mass is 10.1. The number of rotatable bonds is 4. The Morgan fingerprint density at radius 2 is 2.05 bits per heavy atom. The number of nitrogens with one attached hydrogen (secondary N) is 1. The third-order valence-corrected chi connectivity index (χ3v) is 3.03. The highest BCUT2D eigenvalue weighted by molar-refractivity contribution is 6.30. The fourth-order valence-electron chi connectivity index (χ4n) is 1.80. The lowest BCUT2D eigenvalue weighted by Crippen LogP contribution is -2.01. The Bertz CT molecular complexity index is 614. The average molecular weight is 277 g/mol. The first-order valence-corrected chi connectivity index (χ1v) is 6.17. The molecular weight excluding hydrogens is 264 g/mol. The molecule has 0 fully saturated rings. The van der Waals surface area contributed by atoms with Gasteiger partial charge in [-0.15, -0.1) is 0 Å². The van der Waals surface area contributed by atoms with E-state index in [1.54, 1.807) is 12.1 Å². The number of aryl methyl sites for hydroxylation is 1. The van der Waals surface area contributed by atoms with Gasteiger partial charge in [-0.25, -0.2) is 0 Å². The van der Waals surface area contributed by atoms with Crippen molar-refractivity contribution in [2.75, 3.05) is 5.32 Å². The minimum absolute atomic E-state index is 0.104. The van der Waals surface area contributed by atoms with Gasteiger partial charge in [0.25, 0.3) is 5.69 Å². The lowest BCUT2D eigenvalue weighted by molar-refractivity contribution is -0.384. The largest absolute Gasteiger partial charge is 0.381 e. The van der Waals surface area contributed by atoms with Crippen molar-refractivity contribution in [1.82, 2.24) is 0 Å². The molecule has 2 aromatic rings. The van der Waals surface area contributed by atoms with Crippen molar-refractivity contribution in [2.24, 2.45) is 0 Å².